The summed E-state index contributed by atoms with van der Waals surface area (Å²) in [6.45, 7) is 3.24. The monoisotopic (exact) mass is 314 g/mol. The third-order valence-electron chi connectivity index (χ3n) is 3.77. The topological polar surface area (TPSA) is 80.5 Å². The fourth-order valence-electron chi connectivity index (χ4n) is 2.68. The third-order valence-corrected chi connectivity index (χ3v) is 4.68. The lowest BCUT2D eigenvalue weighted by molar-refractivity contribution is 0.0781. The molecule has 0 bridgehead atoms. The fraction of sp³-hybridized carbons (Fsp3) is 0.500. The van der Waals surface area contributed by atoms with E-state index < -0.39 is 21.7 Å². The van der Waals surface area contributed by atoms with Gasteiger partial charge in [-0.2, -0.15) is 0 Å². The molecule has 1 aromatic rings. The molecule has 1 aliphatic heterocycles. The zero-order valence-corrected chi connectivity index (χ0v) is 12.7. The predicted molar refractivity (Wildman–Crippen MR) is 76.7 cm³/mol. The lowest BCUT2D eigenvalue weighted by Gasteiger charge is -2.17. The Labute approximate surface area is 124 Å². The minimum atomic E-state index is -3.96. The Hall–Kier alpha value is -1.47. The van der Waals surface area contributed by atoms with E-state index in [1.807, 2.05) is 0 Å². The molecule has 0 spiro atoms. The summed E-state index contributed by atoms with van der Waals surface area (Å²) in [6, 6.07) is 3.04. The van der Waals surface area contributed by atoms with E-state index in [1.54, 1.807) is 4.90 Å². The lowest BCUT2D eigenvalue weighted by Crippen LogP contribution is -2.29. The Balaban J connectivity index is 2.24. The van der Waals surface area contributed by atoms with Crippen molar-refractivity contribution in [2.45, 2.75) is 31.1 Å². The molecule has 2 rings (SSSR count). The fourth-order valence-corrected chi connectivity index (χ4v) is 3.22. The van der Waals surface area contributed by atoms with Crippen molar-refractivity contribution in [3.05, 3.63) is 29.6 Å². The number of carbonyl (C=O) groups excluding carboxylic acids is 1. The first-order valence-electron chi connectivity index (χ1n) is 6.94. The maximum atomic E-state index is 13.8. The summed E-state index contributed by atoms with van der Waals surface area (Å²) in [4.78, 5) is 13.7. The maximum absolute atomic E-state index is 13.8. The molecule has 1 aliphatic rings. The molecule has 116 valence electrons. The van der Waals surface area contributed by atoms with Crippen molar-refractivity contribution < 1.29 is 17.6 Å². The van der Waals surface area contributed by atoms with Crippen molar-refractivity contribution >= 4 is 15.9 Å². The molecule has 0 saturated carbocycles. The van der Waals surface area contributed by atoms with Gasteiger partial charge in [0, 0.05) is 13.1 Å². The van der Waals surface area contributed by atoms with E-state index in [2.05, 4.69) is 6.92 Å². The van der Waals surface area contributed by atoms with Crippen molar-refractivity contribution in [3.63, 3.8) is 0 Å². The van der Waals surface area contributed by atoms with E-state index in [-0.39, 0.29) is 10.5 Å². The van der Waals surface area contributed by atoms with Crippen LogP contribution in [0.3, 0.4) is 0 Å². The molecule has 1 aromatic carbocycles. The Morgan fingerprint density at radius 1 is 1.48 bits per heavy atom. The Morgan fingerprint density at radius 2 is 2.19 bits per heavy atom. The van der Waals surface area contributed by atoms with Crippen LogP contribution >= 0.6 is 0 Å². The quantitative estimate of drug-likeness (QED) is 0.919. The first kappa shape index (κ1) is 15.9. The molecule has 1 atom stereocenters. The van der Waals surface area contributed by atoms with Gasteiger partial charge in [-0.3, -0.25) is 4.79 Å². The van der Waals surface area contributed by atoms with Crippen LogP contribution in [0.25, 0.3) is 0 Å². The number of amides is 1. The highest BCUT2D eigenvalue weighted by Gasteiger charge is 2.28. The van der Waals surface area contributed by atoms with Crippen LogP contribution in [0.15, 0.2) is 23.1 Å². The smallest absolute Gasteiger partial charge is 0.256 e. The number of primary sulfonamides is 1. The Bertz CT molecular complexity index is 646. The van der Waals surface area contributed by atoms with Gasteiger partial charge in [0.25, 0.3) is 5.91 Å². The second kappa shape index (κ2) is 6.11. The molecule has 2 N–H and O–H groups in total. The maximum Gasteiger partial charge on any atom is 0.256 e. The van der Waals surface area contributed by atoms with Gasteiger partial charge >= 0.3 is 0 Å². The molecule has 1 amide bonds. The molecule has 0 aromatic heterocycles. The summed E-state index contributed by atoms with van der Waals surface area (Å²) in [6.07, 6.45) is 2.97. The van der Waals surface area contributed by atoms with Gasteiger partial charge < -0.3 is 4.90 Å². The largest absolute Gasteiger partial charge is 0.338 e. The van der Waals surface area contributed by atoms with E-state index in [9.17, 15) is 17.6 Å². The zero-order valence-electron chi connectivity index (χ0n) is 11.9. The van der Waals surface area contributed by atoms with Gasteiger partial charge in [0.05, 0.1) is 10.5 Å². The number of sulfonamides is 1. The number of benzene rings is 1. The summed E-state index contributed by atoms with van der Waals surface area (Å²) in [5.41, 5.74) is -0.237. The molecular formula is C14H19FN2O3S. The van der Waals surface area contributed by atoms with Crippen molar-refractivity contribution in [2.75, 3.05) is 13.1 Å². The number of likely N-dealkylation sites (tertiary alicyclic amines) is 1. The van der Waals surface area contributed by atoms with Gasteiger partial charge in [0.2, 0.25) is 10.0 Å². The van der Waals surface area contributed by atoms with E-state index in [0.29, 0.717) is 19.0 Å². The second-order valence-electron chi connectivity index (χ2n) is 5.38. The average molecular weight is 314 g/mol. The molecule has 7 heteroatoms. The Kier molecular flexibility index (Phi) is 4.63. The first-order valence-corrected chi connectivity index (χ1v) is 8.49. The minimum Gasteiger partial charge on any atom is -0.338 e. The van der Waals surface area contributed by atoms with E-state index in [1.165, 1.54) is 0 Å². The summed E-state index contributed by atoms with van der Waals surface area (Å²) >= 11 is 0. The normalized spacial score (nSPS) is 19.0. The number of nitrogens with two attached hydrogens (primary N) is 1. The van der Waals surface area contributed by atoms with Crippen LogP contribution < -0.4 is 5.14 Å². The SMILES string of the molecule is CCCC1CCN(C(=O)c2cc(S(N)(=O)=O)ccc2F)C1. The number of rotatable bonds is 4. The summed E-state index contributed by atoms with van der Waals surface area (Å²) < 4.78 is 36.4. The lowest BCUT2D eigenvalue weighted by atomic mass is 10.0. The zero-order chi connectivity index (χ0) is 15.6. The van der Waals surface area contributed by atoms with E-state index in [0.717, 1.165) is 37.5 Å². The van der Waals surface area contributed by atoms with Crippen LogP contribution in [0.2, 0.25) is 0 Å². The van der Waals surface area contributed by atoms with Crippen LogP contribution in [-0.4, -0.2) is 32.3 Å². The van der Waals surface area contributed by atoms with E-state index in [4.69, 9.17) is 5.14 Å². The first-order chi connectivity index (χ1) is 9.82. The van der Waals surface area contributed by atoms with Crippen LogP contribution in [0.1, 0.15) is 36.5 Å². The molecule has 0 aliphatic carbocycles. The van der Waals surface area contributed by atoms with Crippen molar-refractivity contribution in [3.8, 4) is 0 Å². The number of halogens is 1. The van der Waals surface area contributed by atoms with Gasteiger partial charge in [0.15, 0.2) is 0 Å². The summed E-state index contributed by atoms with van der Waals surface area (Å²) in [5, 5.41) is 5.02. The highest BCUT2D eigenvalue weighted by molar-refractivity contribution is 7.89. The molecule has 5 nitrogen and oxygen atoms in total. The van der Waals surface area contributed by atoms with Gasteiger partial charge in [-0.05, 0) is 37.0 Å². The summed E-state index contributed by atoms with van der Waals surface area (Å²) in [7, 11) is -3.96. The Morgan fingerprint density at radius 3 is 2.81 bits per heavy atom. The van der Waals surface area contributed by atoms with Crippen LogP contribution in [0.4, 0.5) is 4.39 Å². The molecule has 21 heavy (non-hydrogen) atoms. The van der Waals surface area contributed by atoms with Crippen LogP contribution in [-0.2, 0) is 10.0 Å². The van der Waals surface area contributed by atoms with Gasteiger partial charge in [-0.25, -0.2) is 17.9 Å². The summed E-state index contributed by atoms with van der Waals surface area (Å²) in [5.74, 6) is -0.772. The molecule has 1 fully saturated rings. The van der Waals surface area contributed by atoms with Crippen LogP contribution in [0.5, 0.6) is 0 Å². The van der Waals surface area contributed by atoms with Crippen molar-refractivity contribution in [1.82, 2.24) is 4.90 Å². The number of carbonyl (C=O) groups is 1. The highest BCUT2D eigenvalue weighted by atomic mass is 32.2. The van der Waals surface area contributed by atoms with Gasteiger partial charge in [-0.1, -0.05) is 13.3 Å². The van der Waals surface area contributed by atoms with Gasteiger partial charge in [0.1, 0.15) is 5.82 Å². The minimum absolute atomic E-state index is 0.237. The highest BCUT2D eigenvalue weighted by Crippen LogP contribution is 2.24. The van der Waals surface area contributed by atoms with Crippen LogP contribution in [0, 0.1) is 11.7 Å². The molecule has 1 heterocycles. The molecular weight excluding hydrogens is 295 g/mol. The van der Waals surface area contributed by atoms with Gasteiger partial charge in [-0.15, -0.1) is 0 Å². The number of hydrogen-bond donors (Lipinski definition) is 1. The second-order valence-corrected chi connectivity index (χ2v) is 6.94. The van der Waals surface area contributed by atoms with E-state index >= 15 is 0 Å². The van der Waals surface area contributed by atoms with Crippen molar-refractivity contribution in [1.29, 1.82) is 0 Å². The number of hydrogen-bond acceptors (Lipinski definition) is 3. The standard InChI is InChI=1S/C14H19FN2O3S/c1-2-3-10-6-7-17(9-10)14(18)12-8-11(21(16,19)20)4-5-13(12)15/h4-5,8,10H,2-3,6-7,9H2,1H3,(H2,16,19,20). The van der Waals surface area contributed by atoms with Crippen molar-refractivity contribution in [2.24, 2.45) is 11.1 Å². The average Bonchev–Trinajstić information content (AvgIpc) is 2.86. The number of nitrogens with zero attached hydrogens (tertiary/aromatic N) is 1. The third kappa shape index (κ3) is 3.59. The molecule has 1 unspecified atom stereocenters. The predicted octanol–water partition coefficient (Wildman–Crippen LogP) is 1.74. The molecule has 1 saturated heterocycles. The molecule has 0 radical (unpaired) electrons.